The molecule has 0 aliphatic heterocycles. The largest absolute Gasteiger partial charge is 0.550 e. The van der Waals surface area contributed by atoms with Crippen LogP contribution in [0.4, 0.5) is 0 Å². The van der Waals surface area contributed by atoms with Crippen LogP contribution in [0.3, 0.4) is 0 Å². The van der Waals surface area contributed by atoms with E-state index in [-0.39, 0.29) is 5.92 Å². The Bertz CT molecular complexity index is 115. The minimum absolute atomic E-state index is 0.222. The molecule has 0 aliphatic carbocycles. The predicted molar refractivity (Wildman–Crippen MR) is 51.7 cm³/mol. The van der Waals surface area contributed by atoms with E-state index in [2.05, 4.69) is 12.7 Å². The number of rotatable bonds is 5. The highest BCUT2D eigenvalue weighted by Gasteiger charge is 2.04. The van der Waals surface area contributed by atoms with E-state index in [9.17, 15) is 9.90 Å². The molecule has 0 rings (SSSR count). The molecule has 0 aromatic carbocycles. The summed E-state index contributed by atoms with van der Waals surface area (Å²) in [6, 6.07) is 0. The second kappa shape index (κ2) is 11.4. The lowest BCUT2D eigenvalue weighted by Crippen LogP contribution is -2.48. The third kappa shape index (κ3) is 11.4. The summed E-state index contributed by atoms with van der Waals surface area (Å²) in [6.45, 7) is 6.96. The van der Waals surface area contributed by atoms with Crippen LogP contribution in [0.1, 0.15) is 46.5 Å². The van der Waals surface area contributed by atoms with Crippen molar-refractivity contribution in [3.05, 3.63) is 0 Å². The van der Waals surface area contributed by atoms with Gasteiger partial charge in [0.1, 0.15) is 0 Å². The molecule has 0 spiro atoms. The molecule has 0 saturated carbocycles. The first-order valence-electron chi connectivity index (χ1n) is 5.13. The Hall–Kier alpha value is -0.570. The summed E-state index contributed by atoms with van der Waals surface area (Å²) in [7, 11) is 0. The Labute approximate surface area is 81.3 Å². The molecule has 0 aromatic rings. The standard InChI is InChI=1S/C8H16O2.C2H7N/c1-3-5-6-7(4-2)8(9)10;1-2-3/h7H,3-6H2,1-2H3,(H,9,10);2-3H2,1H3. The molecule has 80 valence electrons. The molecule has 3 heteroatoms. The van der Waals surface area contributed by atoms with Gasteiger partial charge in [-0.05, 0) is 25.7 Å². The van der Waals surface area contributed by atoms with E-state index in [0.717, 1.165) is 25.8 Å². The second-order valence-electron chi connectivity index (χ2n) is 3.07. The number of hydrogen-bond donors (Lipinski definition) is 1. The van der Waals surface area contributed by atoms with Gasteiger partial charge in [-0.2, -0.15) is 0 Å². The Morgan fingerprint density at radius 3 is 2.08 bits per heavy atom. The zero-order valence-corrected chi connectivity index (χ0v) is 9.14. The van der Waals surface area contributed by atoms with Gasteiger partial charge < -0.3 is 15.6 Å². The van der Waals surface area contributed by atoms with E-state index < -0.39 is 5.97 Å². The van der Waals surface area contributed by atoms with Gasteiger partial charge in [0, 0.05) is 5.97 Å². The van der Waals surface area contributed by atoms with Gasteiger partial charge in [-0.15, -0.1) is 0 Å². The summed E-state index contributed by atoms with van der Waals surface area (Å²) in [5, 5.41) is 10.3. The number of carboxylic acids is 1. The van der Waals surface area contributed by atoms with Crippen LogP contribution in [-0.2, 0) is 4.79 Å². The maximum absolute atomic E-state index is 10.3. The molecule has 3 nitrogen and oxygen atoms in total. The number of carboxylic acid groups (broad SMARTS) is 1. The molecule has 13 heavy (non-hydrogen) atoms. The van der Waals surface area contributed by atoms with E-state index in [4.69, 9.17) is 0 Å². The smallest absolute Gasteiger partial charge is 0.0711 e. The second-order valence-corrected chi connectivity index (χ2v) is 3.07. The van der Waals surface area contributed by atoms with Crippen LogP contribution in [0, 0.1) is 5.92 Å². The van der Waals surface area contributed by atoms with Gasteiger partial charge >= 0.3 is 0 Å². The Balaban J connectivity index is 0. The molecule has 0 heterocycles. The zero-order valence-electron chi connectivity index (χ0n) is 9.14. The van der Waals surface area contributed by atoms with E-state index in [1.807, 2.05) is 13.8 Å². The van der Waals surface area contributed by atoms with Crippen LogP contribution >= 0.6 is 0 Å². The Morgan fingerprint density at radius 2 is 1.85 bits per heavy atom. The summed E-state index contributed by atoms with van der Waals surface area (Å²) in [5.41, 5.74) is 3.49. The Morgan fingerprint density at radius 1 is 1.38 bits per heavy atom. The summed E-state index contributed by atoms with van der Waals surface area (Å²) >= 11 is 0. The van der Waals surface area contributed by atoms with Crippen LogP contribution in [0.5, 0.6) is 0 Å². The molecule has 0 aromatic heterocycles. The van der Waals surface area contributed by atoms with Crippen LogP contribution in [0.2, 0.25) is 0 Å². The summed E-state index contributed by atoms with van der Waals surface area (Å²) < 4.78 is 0. The fourth-order valence-electron chi connectivity index (χ4n) is 0.939. The molecular formula is C10H23NO2. The van der Waals surface area contributed by atoms with E-state index in [1.165, 1.54) is 0 Å². The molecule has 0 bridgehead atoms. The van der Waals surface area contributed by atoms with Crippen molar-refractivity contribution in [2.24, 2.45) is 5.92 Å². The number of aliphatic carboxylic acids is 1. The molecule has 0 amide bonds. The highest BCUT2D eigenvalue weighted by Crippen LogP contribution is 2.10. The number of unbranched alkanes of at least 4 members (excludes halogenated alkanes) is 1. The number of quaternary nitrogens is 1. The molecule has 1 atom stereocenters. The molecule has 0 aliphatic rings. The lowest BCUT2D eigenvalue weighted by molar-refractivity contribution is -0.361. The number of hydrogen-bond acceptors (Lipinski definition) is 2. The monoisotopic (exact) mass is 189 g/mol. The number of carbonyl (C=O) groups is 1. The normalized spacial score (nSPS) is 11.4. The van der Waals surface area contributed by atoms with E-state index in [1.54, 1.807) is 0 Å². The van der Waals surface area contributed by atoms with Gasteiger partial charge in [-0.3, -0.25) is 0 Å². The lowest BCUT2D eigenvalue weighted by Gasteiger charge is -2.14. The van der Waals surface area contributed by atoms with Gasteiger partial charge in [0.25, 0.3) is 0 Å². The summed E-state index contributed by atoms with van der Waals surface area (Å²) in [4.78, 5) is 10.3. The molecular weight excluding hydrogens is 166 g/mol. The van der Waals surface area contributed by atoms with Gasteiger partial charge in [-0.25, -0.2) is 0 Å². The van der Waals surface area contributed by atoms with Crippen molar-refractivity contribution >= 4 is 5.97 Å². The fraction of sp³-hybridized carbons (Fsp3) is 0.900. The maximum Gasteiger partial charge on any atom is 0.0711 e. The van der Waals surface area contributed by atoms with Crippen molar-refractivity contribution in [2.75, 3.05) is 6.54 Å². The average molecular weight is 189 g/mol. The molecule has 0 saturated heterocycles. The van der Waals surface area contributed by atoms with Crippen molar-refractivity contribution in [1.29, 1.82) is 0 Å². The van der Waals surface area contributed by atoms with Crippen molar-refractivity contribution in [3.63, 3.8) is 0 Å². The predicted octanol–water partition coefficient (Wildman–Crippen LogP) is 0.201. The molecule has 0 fully saturated rings. The summed E-state index contributed by atoms with van der Waals surface area (Å²) in [5.74, 6) is -1.11. The van der Waals surface area contributed by atoms with Gasteiger partial charge in [0.05, 0.1) is 6.54 Å². The highest BCUT2D eigenvalue weighted by molar-refractivity contribution is 5.67. The van der Waals surface area contributed by atoms with Crippen molar-refractivity contribution in [3.8, 4) is 0 Å². The Kier molecular flexibility index (Phi) is 13.1. The topological polar surface area (TPSA) is 67.8 Å². The van der Waals surface area contributed by atoms with E-state index in [0.29, 0.717) is 6.42 Å². The number of carbonyl (C=O) groups excluding carboxylic acids is 1. The SMILES string of the molecule is CCCCC(CC)C(=O)[O-].CC[NH3+]. The quantitative estimate of drug-likeness (QED) is 0.671. The molecule has 0 radical (unpaired) electrons. The third-order valence-corrected chi connectivity index (χ3v) is 1.73. The molecule has 3 N–H and O–H groups in total. The first kappa shape index (κ1) is 14.9. The van der Waals surface area contributed by atoms with E-state index >= 15 is 0 Å². The van der Waals surface area contributed by atoms with Crippen LogP contribution in [0.25, 0.3) is 0 Å². The first-order chi connectivity index (χ1) is 6.13. The maximum atomic E-state index is 10.3. The van der Waals surface area contributed by atoms with Gasteiger partial charge in [0.15, 0.2) is 0 Å². The van der Waals surface area contributed by atoms with Crippen molar-refractivity contribution in [1.82, 2.24) is 0 Å². The zero-order chi connectivity index (χ0) is 10.7. The third-order valence-electron chi connectivity index (χ3n) is 1.73. The minimum atomic E-state index is -0.893. The van der Waals surface area contributed by atoms with Crippen LogP contribution in [0.15, 0.2) is 0 Å². The minimum Gasteiger partial charge on any atom is -0.550 e. The van der Waals surface area contributed by atoms with Crippen molar-refractivity contribution < 1.29 is 15.6 Å². The van der Waals surface area contributed by atoms with Gasteiger partial charge in [-0.1, -0.05) is 26.7 Å². The first-order valence-corrected chi connectivity index (χ1v) is 5.13. The summed E-state index contributed by atoms with van der Waals surface area (Å²) in [6.07, 6.45) is 3.52. The highest BCUT2D eigenvalue weighted by atomic mass is 16.4. The molecule has 1 unspecified atom stereocenters. The van der Waals surface area contributed by atoms with Crippen molar-refractivity contribution in [2.45, 2.75) is 46.5 Å². The van der Waals surface area contributed by atoms with Crippen LogP contribution < -0.4 is 10.8 Å². The fourth-order valence-corrected chi connectivity index (χ4v) is 0.939. The van der Waals surface area contributed by atoms with Gasteiger partial charge in [0.2, 0.25) is 0 Å². The lowest BCUT2D eigenvalue weighted by atomic mass is 10.00. The average Bonchev–Trinajstić information content (AvgIpc) is 2.06. The van der Waals surface area contributed by atoms with Crippen LogP contribution in [-0.4, -0.2) is 12.5 Å².